The first-order chi connectivity index (χ1) is 25.8. The molecule has 292 valence electrons. The average Bonchev–Trinajstić information content (AvgIpc) is 3.75. The molecule has 4 atom stereocenters. The Hall–Kier alpha value is -2.97. The number of ether oxygens (including phenoxy) is 2. The van der Waals surface area contributed by atoms with E-state index < -0.39 is 20.2 Å². The van der Waals surface area contributed by atoms with E-state index in [9.17, 15) is 14.5 Å². The lowest BCUT2D eigenvalue weighted by Gasteiger charge is -2.27. The maximum atomic E-state index is 14.1. The Labute approximate surface area is 317 Å². The van der Waals surface area contributed by atoms with Crippen molar-refractivity contribution < 1.29 is 27.8 Å². The molecule has 4 rings (SSSR count). The molecule has 0 spiro atoms. The minimum atomic E-state index is -2.27. The Morgan fingerprint density at radius 3 is 2.42 bits per heavy atom. The highest BCUT2D eigenvalue weighted by molar-refractivity contribution is 7.40. The van der Waals surface area contributed by atoms with E-state index in [2.05, 4.69) is 29.2 Å². The highest BCUT2D eigenvalue weighted by Crippen LogP contribution is 2.48. The molecule has 1 aliphatic rings. The molecule has 3 unspecified atom stereocenters. The maximum absolute atomic E-state index is 14.1. The van der Waals surface area contributed by atoms with Crippen molar-refractivity contribution in [2.24, 2.45) is 0 Å². The number of unbranched alkanes of at least 4 members (excludes halogenated alkanes) is 14. The van der Waals surface area contributed by atoms with Crippen LogP contribution in [0.2, 0.25) is 0 Å². The molecule has 1 fully saturated rings. The Morgan fingerprint density at radius 2 is 1.72 bits per heavy atom. The lowest BCUT2D eigenvalue weighted by molar-refractivity contribution is -0.167. The zero-order valence-electron chi connectivity index (χ0n) is 31.9. The van der Waals surface area contributed by atoms with E-state index >= 15 is 0 Å². The minimum absolute atomic E-state index is 0.106. The zero-order valence-corrected chi connectivity index (χ0v) is 32.8. The van der Waals surface area contributed by atoms with E-state index in [0.29, 0.717) is 29.7 Å². The van der Waals surface area contributed by atoms with Gasteiger partial charge in [-0.05, 0) is 81.3 Å². The molecule has 3 heterocycles. The second-order valence-electron chi connectivity index (χ2n) is 14.4. The van der Waals surface area contributed by atoms with Gasteiger partial charge in [0, 0.05) is 6.42 Å². The molecule has 1 aromatic carbocycles. The number of hydrogen-bond donors (Lipinski definition) is 2. The van der Waals surface area contributed by atoms with Gasteiger partial charge in [-0.1, -0.05) is 96.1 Å². The molecule has 0 bridgehead atoms. The molecule has 3 aromatic rings. The van der Waals surface area contributed by atoms with Crippen LogP contribution in [-0.2, 0) is 25.1 Å². The number of benzene rings is 1. The first kappa shape index (κ1) is 42.8. The van der Waals surface area contributed by atoms with Crippen LogP contribution in [0.5, 0.6) is 0 Å². The fourth-order valence-electron chi connectivity index (χ4n) is 6.84. The Bertz CT molecular complexity index is 1570. The second kappa shape index (κ2) is 23.7. The fourth-order valence-corrected chi connectivity index (χ4v) is 7.65. The number of halogens is 1. The number of nitriles is 1. The summed E-state index contributed by atoms with van der Waals surface area (Å²) in [5, 5.41) is 13.6. The molecule has 10 nitrogen and oxygen atoms in total. The number of anilines is 1. The van der Waals surface area contributed by atoms with Gasteiger partial charge in [-0.2, -0.15) is 10.4 Å². The van der Waals surface area contributed by atoms with Crippen molar-refractivity contribution in [2.75, 3.05) is 12.3 Å². The number of hydrogen-bond acceptors (Lipinski definition) is 9. The largest absolute Gasteiger partial charge is 0.382 e. The molecule has 2 aromatic heterocycles. The zero-order chi connectivity index (χ0) is 37.7. The number of nitrogens with zero attached hydrogens (tertiary/aromatic N) is 4. The lowest BCUT2D eigenvalue weighted by Crippen LogP contribution is -2.27. The molecule has 0 aliphatic carbocycles. The number of nitrogen functional groups attached to an aromatic ring is 1. The van der Waals surface area contributed by atoms with Crippen LogP contribution >= 0.6 is 8.60 Å². The third-order valence-corrected chi connectivity index (χ3v) is 10.8. The summed E-state index contributed by atoms with van der Waals surface area (Å²) in [6.45, 7) is 4.29. The monoisotopic (exact) mass is 753 g/mol. The van der Waals surface area contributed by atoms with Crippen LogP contribution in [0.1, 0.15) is 159 Å². The number of allylic oxidation sites excluding steroid dienone is 2. The molecule has 1 aliphatic heterocycles. The van der Waals surface area contributed by atoms with Gasteiger partial charge in [0.2, 0.25) is 0 Å². The van der Waals surface area contributed by atoms with Gasteiger partial charge in [-0.25, -0.2) is 13.9 Å². The summed E-state index contributed by atoms with van der Waals surface area (Å²) >= 11 is 0. The van der Waals surface area contributed by atoms with E-state index in [1.165, 1.54) is 102 Å². The van der Waals surface area contributed by atoms with Crippen molar-refractivity contribution >= 4 is 19.9 Å². The second-order valence-corrected chi connectivity index (χ2v) is 15.3. The predicted molar refractivity (Wildman–Crippen MR) is 208 cm³/mol. The average molecular weight is 754 g/mol. The topological polar surface area (TPSA) is 137 Å². The summed E-state index contributed by atoms with van der Waals surface area (Å²) in [6, 6.07) is 9.96. The summed E-state index contributed by atoms with van der Waals surface area (Å²) in [5.74, 6) is -1.14. The normalized spacial score (nSPS) is 18.6. The highest BCUT2D eigenvalue weighted by Gasteiger charge is 2.41. The van der Waals surface area contributed by atoms with Crippen molar-refractivity contribution in [3.63, 3.8) is 0 Å². The van der Waals surface area contributed by atoms with Crippen LogP contribution in [-0.4, -0.2) is 38.0 Å². The Balaban J connectivity index is 1.14. The number of aromatic nitrogens is 3. The summed E-state index contributed by atoms with van der Waals surface area (Å²) in [5.41, 5.74) is 8.35. The van der Waals surface area contributed by atoms with E-state index in [4.69, 9.17) is 24.3 Å². The van der Waals surface area contributed by atoms with Gasteiger partial charge in [0.25, 0.3) is 0 Å². The van der Waals surface area contributed by atoms with Crippen molar-refractivity contribution in [2.45, 2.75) is 160 Å². The first-order valence-corrected chi connectivity index (χ1v) is 21.0. The molecular weight excluding hydrogens is 692 g/mol. The molecule has 0 amide bonds. The van der Waals surface area contributed by atoms with Gasteiger partial charge in [0.15, 0.2) is 11.6 Å². The summed E-state index contributed by atoms with van der Waals surface area (Å²) in [7, 11) is -2.27. The van der Waals surface area contributed by atoms with Gasteiger partial charge < -0.3 is 24.6 Å². The smallest absolute Gasteiger partial charge is 0.332 e. The fraction of sp³-hybridized carbons (Fsp3) is 0.634. The van der Waals surface area contributed by atoms with Crippen LogP contribution in [0.4, 0.5) is 10.2 Å². The van der Waals surface area contributed by atoms with Crippen LogP contribution < -0.4 is 5.73 Å². The lowest BCUT2D eigenvalue weighted by atomic mass is 10.0. The molecular formula is C41H61FN5O5P. The number of fused-ring (bicyclic) bond motifs is 1. The van der Waals surface area contributed by atoms with E-state index in [-0.39, 0.29) is 31.0 Å². The van der Waals surface area contributed by atoms with Gasteiger partial charge in [0.1, 0.15) is 23.8 Å². The van der Waals surface area contributed by atoms with Gasteiger partial charge >= 0.3 is 8.60 Å². The van der Waals surface area contributed by atoms with Crippen molar-refractivity contribution in [3.05, 3.63) is 71.4 Å². The molecule has 3 N–H and O–H groups in total. The predicted octanol–water partition coefficient (Wildman–Crippen LogP) is 10.9. The van der Waals surface area contributed by atoms with E-state index in [0.717, 1.165) is 31.4 Å². The van der Waals surface area contributed by atoms with Crippen LogP contribution in [0.15, 0.2) is 48.8 Å². The summed E-state index contributed by atoms with van der Waals surface area (Å²) in [4.78, 5) is 14.9. The SMILES string of the molecule is CCCCCCCC/C=C/CCCCCCCCCCC(COP(O)O[C@]1(C)CCC(c2ccc3c(N)ncnn23)O1)OCc1cc(F)cc(C#N)c1. The van der Waals surface area contributed by atoms with Gasteiger partial charge in [-0.3, -0.25) is 4.52 Å². The standard InChI is InChI=1S/C41H61FN5O5P/c1-3-4-5-6-7-8-9-10-11-12-13-14-15-16-17-18-19-20-21-36(49-30-34-26-33(29-43)27-35(42)28-34)31-50-53(48)52-41(2)25-24-39(51-41)37-22-23-38-40(44)45-32-46-47(37)38/h10-11,22-23,26-28,32,36,39,48H,3-9,12-21,24-25,30-31H2,1-2H3,(H2,44,45,46)/b11-10+/t36?,39?,41-,53?/m1/s1. The Kier molecular flexibility index (Phi) is 19.2. The van der Waals surface area contributed by atoms with Gasteiger partial charge in [-0.15, -0.1) is 0 Å². The quantitative estimate of drug-likeness (QED) is 0.0442. The molecule has 1 saturated heterocycles. The highest BCUT2D eigenvalue weighted by atomic mass is 31.2. The van der Waals surface area contributed by atoms with Crippen LogP contribution in [0.3, 0.4) is 0 Å². The van der Waals surface area contributed by atoms with E-state index in [1.807, 2.05) is 18.2 Å². The molecule has 12 heteroatoms. The summed E-state index contributed by atoms with van der Waals surface area (Å²) < 4.78 is 39.9. The van der Waals surface area contributed by atoms with Crippen molar-refractivity contribution in [1.82, 2.24) is 14.6 Å². The molecule has 0 radical (unpaired) electrons. The van der Waals surface area contributed by atoms with Crippen molar-refractivity contribution in [3.8, 4) is 6.07 Å². The van der Waals surface area contributed by atoms with E-state index in [1.54, 1.807) is 17.5 Å². The third-order valence-electron chi connectivity index (χ3n) is 9.85. The summed E-state index contributed by atoms with van der Waals surface area (Å²) in [6.07, 6.45) is 27.4. The first-order valence-electron chi connectivity index (χ1n) is 19.8. The van der Waals surface area contributed by atoms with Crippen LogP contribution in [0.25, 0.3) is 5.52 Å². The van der Waals surface area contributed by atoms with Crippen molar-refractivity contribution in [1.29, 1.82) is 5.26 Å². The molecule has 0 saturated carbocycles. The number of nitrogens with two attached hydrogens (primary N) is 1. The number of rotatable bonds is 27. The maximum Gasteiger partial charge on any atom is 0.332 e. The minimum Gasteiger partial charge on any atom is -0.382 e. The van der Waals surface area contributed by atoms with Gasteiger partial charge in [0.05, 0.1) is 36.6 Å². The molecule has 53 heavy (non-hydrogen) atoms. The third kappa shape index (κ3) is 15.4. The van der Waals surface area contributed by atoms with Crippen LogP contribution in [0, 0.1) is 17.1 Å². The Morgan fingerprint density at radius 1 is 1.04 bits per heavy atom.